The van der Waals surface area contributed by atoms with Gasteiger partial charge in [0.05, 0.1) is 23.3 Å². The average molecular weight is 534 g/mol. The first-order valence-corrected chi connectivity index (χ1v) is 11.9. The lowest BCUT2D eigenvalue weighted by Crippen LogP contribution is -2.48. The van der Waals surface area contributed by atoms with Crippen molar-refractivity contribution >= 4 is 35.5 Å². The van der Waals surface area contributed by atoms with Gasteiger partial charge in [0.2, 0.25) is 12.2 Å². The molecular weight excluding hydrogens is 506 g/mol. The van der Waals surface area contributed by atoms with E-state index in [9.17, 15) is 29.1 Å². The number of amides is 1. The normalized spacial score (nSPS) is 12.0. The lowest BCUT2D eigenvalue weighted by atomic mass is 10.1. The zero-order valence-corrected chi connectivity index (χ0v) is 21.5. The third-order valence-electron chi connectivity index (χ3n) is 5.39. The van der Waals surface area contributed by atoms with Crippen LogP contribution in [-0.4, -0.2) is 53.7 Å². The number of carboxylic acid groups (broad SMARTS) is 1. The maximum atomic E-state index is 13.3. The molecule has 3 aromatic carbocycles. The summed E-state index contributed by atoms with van der Waals surface area (Å²) in [5.74, 6) is -5.47. The fourth-order valence-corrected chi connectivity index (χ4v) is 3.56. The molecule has 0 saturated heterocycles. The number of aliphatic carboxylic acids is 1. The van der Waals surface area contributed by atoms with Crippen LogP contribution >= 0.6 is 0 Å². The standard InChI is InChI=1S/C29H27NO9/c1-4-37-27(34)21-12-7-13-22(16-21)30-25(31)23(38-28(35)19-10-5-8-17(2)14-19)24(26(32)33)39-29(36)20-11-6-9-18(3)15-20/h5-16,23-24H,4H2,1-3H3,(H,30,31)(H,32,33)/t23-,24+/m1/s1. The van der Waals surface area contributed by atoms with Gasteiger partial charge in [-0.3, -0.25) is 4.79 Å². The number of carbonyl (C=O) groups is 5. The van der Waals surface area contributed by atoms with Gasteiger partial charge in [0, 0.05) is 5.69 Å². The van der Waals surface area contributed by atoms with Crippen LogP contribution in [0.1, 0.15) is 49.1 Å². The van der Waals surface area contributed by atoms with Gasteiger partial charge in [-0.15, -0.1) is 0 Å². The molecule has 0 aliphatic rings. The highest BCUT2D eigenvalue weighted by molar-refractivity contribution is 6.02. The smallest absolute Gasteiger partial charge is 0.349 e. The van der Waals surface area contributed by atoms with Gasteiger partial charge >= 0.3 is 23.9 Å². The molecule has 202 valence electrons. The minimum absolute atomic E-state index is 0.0487. The molecule has 0 aliphatic heterocycles. The Kier molecular flexibility index (Phi) is 9.53. The van der Waals surface area contributed by atoms with Gasteiger partial charge < -0.3 is 24.6 Å². The van der Waals surface area contributed by atoms with Crippen LogP contribution in [0.4, 0.5) is 5.69 Å². The van der Waals surface area contributed by atoms with Crippen molar-refractivity contribution in [1.82, 2.24) is 0 Å². The highest BCUT2D eigenvalue weighted by Gasteiger charge is 2.41. The van der Waals surface area contributed by atoms with Gasteiger partial charge in [0.15, 0.2) is 0 Å². The van der Waals surface area contributed by atoms with Crippen LogP contribution in [0, 0.1) is 13.8 Å². The number of hydrogen-bond donors (Lipinski definition) is 2. The fourth-order valence-electron chi connectivity index (χ4n) is 3.56. The van der Waals surface area contributed by atoms with Crippen LogP contribution in [0.2, 0.25) is 0 Å². The van der Waals surface area contributed by atoms with E-state index in [0.717, 1.165) is 11.1 Å². The summed E-state index contributed by atoms with van der Waals surface area (Å²) in [6.07, 6.45) is -4.28. The maximum absolute atomic E-state index is 13.3. The van der Waals surface area contributed by atoms with E-state index in [-0.39, 0.29) is 29.0 Å². The molecule has 0 saturated carbocycles. The molecule has 0 fully saturated rings. The second kappa shape index (κ2) is 13.0. The number of nitrogens with one attached hydrogen (secondary N) is 1. The molecule has 0 bridgehead atoms. The second-order valence-corrected chi connectivity index (χ2v) is 8.52. The molecule has 3 aromatic rings. The molecule has 10 heteroatoms. The Hall–Kier alpha value is -4.99. The minimum Gasteiger partial charge on any atom is -0.478 e. The van der Waals surface area contributed by atoms with Crippen LogP contribution in [-0.2, 0) is 23.8 Å². The molecular formula is C29H27NO9. The molecule has 0 spiro atoms. The van der Waals surface area contributed by atoms with Crippen molar-refractivity contribution in [3.63, 3.8) is 0 Å². The molecule has 2 atom stereocenters. The van der Waals surface area contributed by atoms with E-state index in [0.29, 0.717) is 0 Å². The predicted molar refractivity (Wildman–Crippen MR) is 139 cm³/mol. The lowest BCUT2D eigenvalue weighted by Gasteiger charge is -2.23. The van der Waals surface area contributed by atoms with Crippen LogP contribution in [0.5, 0.6) is 0 Å². The topological polar surface area (TPSA) is 145 Å². The molecule has 2 N–H and O–H groups in total. The summed E-state index contributed by atoms with van der Waals surface area (Å²) in [5, 5.41) is 12.3. The van der Waals surface area contributed by atoms with Gasteiger partial charge in [-0.1, -0.05) is 41.5 Å². The molecule has 10 nitrogen and oxygen atoms in total. The number of benzene rings is 3. The molecule has 3 rings (SSSR count). The van der Waals surface area contributed by atoms with Gasteiger partial charge in [-0.05, 0) is 63.2 Å². The largest absolute Gasteiger partial charge is 0.478 e. The monoisotopic (exact) mass is 533 g/mol. The third-order valence-corrected chi connectivity index (χ3v) is 5.39. The van der Waals surface area contributed by atoms with Crippen molar-refractivity contribution < 1.29 is 43.3 Å². The predicted octanol–water partition coefficient (Wildman–Crippen LogP) is 3.95. The van der Waals surface area contributed by atoms with E-state index in [4.69, 9.17) is 14.2 Å². The highest BCUT2D eigenvalue weighted by atomic mass is 16.6. The Morgan fingerprint density at radius 1 is 0.718 bits per heavy atom. The SMILES string of the molecule is CCOC(=O)c1cccc(NC(=O)[C@H](OC(=O)c2cccc(C)c2)[C@H](OC(=O)c2cccc(C)c2)C(=O)O)c1. The van der Waals surface area contributed by atoms with Crippen LogP contribution < -0.4 is 5.32 Å². The second-order valence-electron chi connectivity index (χ2n) is 8.52. The summed E-state index contributed by atoms with van der Waals surface area (Å²) in [5.41, 5.74) is 1.78. The van der Waals surface area contributed by atoms with E-state index in [2.05, 4.69) is 5.32 Å². The minimum atomic E-state index is -2.19. The molecule has 0 radical (unpaired) electrons. The summed E-state index contributed by atoms with van der Waals surface area (Å²) in [6, 6.07) is 18.2. The fraction of sp³-hybridized carbons (Fsp3) is 0.207. The third kappa shape index (κ3) is 7.75. The highest BCUT2D eigenvalue weighted by Crippen LogP contribution is 2.18. The number of anilines is 1. The van der Waals surface area contributed by atoms with Crippen molar-refractivity contribution in [2.75, 3.05) is 11.9 Å². The number of carboxylic acids is 1. The van der Waals surface area contributed by atoms with Crippen LogP contribution in [0.25, 0.3) is 0 Å². The average Bonchev–Trinajstić information content (AvgIpc) is 2.90. The Balaban J connectivity index is 1.93. The zero-order chi connectivity index (χ0) is 28.5. The summed E-state index contributed by atoms with van der Waals surface area (Å²) < 4.78 is 15.5. The van der Waals surface area contributed by atoms with Crippen molar-refractivity contribution in [2.24, 2.45) is 0 Å². The van der Waals surface area contributed by atoms with Crippen molar-refractivity contribution in [2.45, 2.75) is 33.0 Å². The molecule has 39 heavy (non-hydrogen) atoms. The number of hydrogen-bond acceptors (Lipinski definition) is 8. The van der Waals surface area contributed by atoms with E-state index in [1.54, 1.807) is 45.0 Å². The Labute approximate surface area is 224 Å². The maximum Gasteiger partial charge on any atom is 0.349 e. The molecule has 0 aromatic heterocycles. The number of esters is 3. The summed E-state index contributed by atoms with van der Waals surface area (Å²) >= 11 is 0. The quantitative estimate of drug-likeness (QED) is 0.292. The van der Waals surface area contributed by atoms with Crippen molar-refractivity contribution in [3.8, 4) is 0 Å². The number of rotatable bonds is 10. The molecule has 0 aliphatic carbocycles. The summed E-state index contributed by atoms with van der Waals surface area (Å²) in [6.45, 7) is 5.25. The van der Waals surface area contributed by atoms with E-state index < -0.39 is 42.0 Å². The Morgan fingerprint density at radius 2 is 1.21 bits per heavy atom. The zero-order valence-electron chi connectivity index (χ0n) is 21.5. The molecule has 0 heterocycles. The van der Waals surface area contributed by atoms with E-state index in [1.165, 1.54) is 48.5 Å². The number of ether oxygens (including phenoxy) is 3. The number of carbonyl (C=O) groups excluding carboxylic acids is 4. The van der Waals surface area contributed by atoms with E-state index >= 15 is 0 Å². The van der Waals surface area contributed by atoms with Gasteiger partial charge in [0.1, 0.15) is 0 Å². The van der Waals surface area contributed by atoms with Crippen LogP contribution in [0.15, 0.2) is 72.8 Å². The molecule has 0 unspecified atom stereocenters. The Morgan fingerprint density at radius 3 is 1.69 bits per heavy atom. The lowest BCUT2D eigenvalue weighted by molar-refractivity contribution is -0.157. The molecule has 1 amide bonds. The van der Waals surface area contributed by atoms with Crippen molar-refractivity contribution in [1.29, 1.82) is 0 Å². The summed E-state index contributed by atoms with van der Waals surface area (Å²) in [4.78, 5) is 63.3. The Bertz CT molecular complexity index is 1400. The van der Waals surface area contributed by atoms with Gasteiger partial charge in [-0.2, -0.15) is 0 Å². The van der Waals surface area contributed by atoms with E-state index in [1.807, 2.05) is 0 Å². The first-order chi connectivity index (χ1) is 18.6. The first kappa shape index (κ1) is 28.6. The summed E-state index contributed by atoms with van der Waals surface area (Å²) in [7, 11) is 0. The van der Waals surface area contributed by atoms with Gasteiger partial charge in [-0.25, -0.2) is 19.2 Å². The van der Waals surface area contributed by atoms with Crippen molar-refractivity contribution in [3.05, 3.63) is 101 Å². The van der Waals surface area contributed by atoms with Gasteiger partial charge in [0.25, 0.3) is 5.91 Å². The van der Waals surface area contributed by atoms with Crippen LogP contribution in [0.3, 0.4) is 0 Å². The number of aryl methyl sites for hydroxylation is 2. The first-order valence-electron chi connectivity index (χ1n) is 11.9.